The molecule has 0 saturated carbocycles. The molecule has 0 unspecified atom stereocenters. The molecular weight excluding hydrogens is 324 g/mol. The number of benzene rings is 1. The zero-order valence-electron chi connectivity index (χ0n) is 15.5. The third-order valence-corrected chi connectivity index (χ3v) is 4.62. The van der Waals surface area contributed by atoms with E-state index in [9.17, 15) is 0 Å². The maximum absolute atomic E-state index is 5.26. The summed E-state index contributed by atoms with van der Waals surface area (Å²) >= 11 is 0. The lowest BCUT2D eigenvalue weighted by Crippen LogP contribution is -2.10. The number of aromatic nitrogens is 2. The molecule has 2 aromatic rings. The molecule has 1 aromatic heterocycles. The van der Waals surface area contributed by atoms with Gasteiger partial charge >= 0.3 is 0 Å². The largest absolute Gasteiger partial charge is 0.497 e. The normalized spacial score (nSPS) is 13.8. The van der Waals surface area contributed by atoms with Gasteiger partial charge in [-0.2, -0.15) is 4.98 Å². The summed E-state index contributed by atoms with van der Waals surface area (Å²) in [4.78, 5) is 8.86. The standard InChI is InChI=1S/C21H28N4O/c1-26-19-9-5-8-18(16-19)11-13-22-20-12-15-24-21(25-20)23-14-10-17-6-3-2-4-7-17/h5-6,8-9,12,15-16H,2-4,7,10-11,13-14H2,1H3,(H2,22,23,24,25). The first kappa shape index (κ1) is 18.2. The molecule has 0 fully saturated rings. The van der Waals surface area contributed by atoms with E-state index in [2.05, 4.69) is 38.8 Å². The monoisotopic (exact) mass is 352 g/mol. The van der Waals surface area contributed by atoms with E-state index in [4.69, 9.17) is 4.74 Å². The van der Waals surface area contributed by atoms with Crippen LogP contribution < -0.4 is 15.4 Å². The lowest BCUT2D eigenvalue weighted by Gasteiger charge is -2.13. The summed E-state index contributed by atoms with van der Waals surface area (Å²) in [7, 11) is 1.69. The highest BCUT2D eigenvalue weighted by Crippen LogP contribution is 2.20. The van der Waals surface area contributed by atoms with Crippen LogP contribution in [0.25, 0.3) is 0 Å². The quantitative estimate of drug-likeness (QED) is 0.653. The van der Waals surface area contributed by atoms with E-state index >= 15 is 0 Å². The van der Waals surface area contributed by atoms with E-state index < -0.39 is 0 Å². The van der Waals surface area contributed by atoms with Crippen LogP contribution >= 0.6 is 0 Å². The minimum Gasteiger partial charge on any atom is -0.497 e. The van der Waals surface area contributed by atoms with Gasteiger partial charge in [0.15, 0.2) is 0 Å². The molecule has 0 atom stereocenters. The molecule has 2 N–H and O–H groups in total. The Labute approximate surface area is 155 Å². The third kappa shape index (κ3) is 5.76. The maximum Gasteiger partial charge on any atom is 0.224 e. The number of hydrogen-bond donors (Lipinski definition) is 2. The van der Waals surface area contributed by atoms with Crippen LogP contribution in [0.1, 0.15) is 37.7 Å². The van der Waals surface area contributed by atoms with E-state index in [-0.39, 0.29) is 0 Å². The van der Waals surface area contributed by atoms with Gasteiger partial charge in [-0.3, -0.25) is 0 Å². The molecule has 1 aliphatic carbocycles. The van der Waals surface area contributed by atoms with Gasteiger partial charge in [-0.25, -0.2) is 4.98 Å². The maximum atomic E-state index is 5.26. The fourth-order valence-electron chi connectivity index (χ4n) is 3.17. The van der Waals surface area contributed by atoms with Crippen LogP contribution in [0.3, 0.4) is 0 Å². The molecule has 1 heterocycles. The first-order valence-corrected chi connectivity index (χ1v) is 9.45. The van der Waals surface area contributed by atoms with Gasteiger partial charge in [0.05, 0.1) is 7.11 Å². The Hall–Kier alpha value is -2.56. The second kappa shape index (κ2) is 9.80. The average molecular weight is 352 g/mol. The third-order valence-electron chi connectivity index (χ3n) is 4.62. The number of allylic oxidation sites excluding steroid dienone is 1. The molecule has 0 radical (unpaired) electrons. The van der Waals surface area contributed by atoms with Crippen LogP contribution in [0.5, 0.6) is 5.75 Å². The molecule has 5 heteroatoms. The number of methoxy groups -OCH3 is 1. The molecule has 1 aliphatic rings. The molecule has 0 spiro atoms. The average Bonchev–Trinajstić information content (AvgIpc) is 2.69. The predicted octanol–water partition coefficient (Wildman–Crippen LogP) is 4.44. The summed E-state index contributed by atoms with van der Waals surface area (Å²) in [6.07, 6.45) is 11.3. The van der Waals surface area contributed by atoms with Crippen molar-refractivity contribution in [3.05, 3.63) is 53.7 Å². The fourth-order valence-corrected chi connectivity index (χ4v) is 3.17. The van der Waals surface area contributed by atoms with Gasteiger partial charge in [-0.1, -0.05) is 23.8 Å². The smallest absolute Gasteiger partial charge is 0.224 e. The minimum atomic E-state index is 0.688. The van der Waals surface area contributed by atoms with E-state index in [1.807, 2.05) is 18.2 Å². The van der Waals surface area contributed by atoms with Crippen LogP contribution in [-0.2, 0) is 6.42 Å². The molecule has 3 rings (SSSR count). The Morgan fingerprint density at radius 2 is 2.00 bits per heavy atom. The molecule has 138 valence electrons. The minimum absolute atomic E-state index is 0.688. The predicted molar refractivity (Wildman–Crippen MR) is 107 cm³/mol. The molecule has 0 aliphatic heterocycles. The Balaban J connectivity index is 1.43. The molecular formula is C21H28N4O. The van der Waals surface area contributed by atoms with Gasteiger partial charge in [-0.05, 0) is 62.3 Å². The van der Waals surface area contributed by atoms with Crippen molar-refractivity contribution in [3.8, 4) is 5.75 Å². The topological polar surface area (TPSA) is 59.1 Å². The van der Waals surface area contributed by atoms with Crippen LogP contribution in [0.15, 0.2) is 48.2 Å². The summed E-state index contributed by atoms with van der Waals surface area (Å²) in [6, 6.07) is 10.1. The summed E-state index contributed by atoms with van der Waals surface area (Å²) in [5.41, 5.74) is 2.81. The Kier molecular flexibility index (Phi) is 6.88. The van der Waals surface area contributed by atoms with E-state index in [0.717, 1.165) is 37.5 Å². The summed E-state index contributed by atoms with van der Waals surface area (Å²) < 4.78 is 5.26. The summed E-state index contributed by atoms with van der Waals surface area (Å²) in [6.45, 7) is 1.70. The van der Waals surface area contributed by atoms with Gasteiger partial charge in [0.1, 0.15) is 11.6 Å². The molecule has 5 nitrogen and oxygen atoms in total. The lowest BCUT2D eigenvalue weighted by atomic mass is 9.97. The summed E-state index contributed by atoms with van der Waals surface area (Å²) in [5.74, 6) is 2.43. The second-order valence-corrected chi connectivity index (χ2v) is 6.58. The molecule has 26 heavy (non-hydrogen) atoms. The van der Waals surface area contributed by atoms with E-state index in [1.54, 1.807) is 18.9 Å². The molecule has 0 amide bonds. The van der Waals surface area contributed by atoms with Crippen LogP contribution in [0.2, 0.25) is 0 Å². The molecule has 0 saturated heterocycles. The highest BCUT2D eigenvalue weighted by Gasteiger charge is 2.04. The number of nitrogens with zero attached hydrogens (tertiary/aromatic N) is 2. The van der Waals surface area contributed by atoms with Crippen molar-refractivity contribution in [2.24, 2.45) is 0 Å². The van der Waals surface area contributed by atoms with E-state index in [1.165, 1.54) is 31.2 Å². The number of hydrogen-bond acceptors (Lipinski definition) is 5. The molecule has 0 bridgehead atoms. The number of ether oxygens (including phenoxy) is 1. The number of rotatable bonds is 9. The Bertz CT molecular complexity index is 729. The van der Waals surface area contributed by atoms with Gasteiger partial charge in [0, 0.05) is 19.3 Å². The fraction of sp³-hybridized carbons (Fsp3) is 0.429. The zero-order valence-corrected chi connectivity index (χ0v) is 15.5. The number of anilines is 2. The van der Waals surface area contributed by atoms with Crippen molar-refractivity contribution in [2.75, 3.05) is 30.8 Å². The highest BCUT2D eigenvalue weighted by molar-refractivity contribution is 5.40. The van der Waals surface area contributed by atoms with Crippen molar-refractivity contribution < 1.29 is 4.74 Å². The van der Waals surface area contributed by atoms with Crippen LogP contribution in [0.4, 0.5) is 11.8 Å². The van der Waals surface area contributed by atoms with Gasteiger partial charge in [0.2, 0.25) is 5.95 Å². The van der Waals surface area contributed by atoms with Gasteiger partial charge in [-0.15, -0.1) is 0 Å². The first-order chi connectivity index (χ1) is 12.8. The SMILES string of the molecule is COc1cccc(CCNc2ccnc(NCCC3=CCCCC3)n2)c1. The van der Waals surface area contributed by atoms with Gasteiger partial charge < -0.3 is 15.4 Å². The second-order valence-electron chi connectivity index (χ2n) is 6.58. The highest BCUT2D eigenvalue weighted by atomic mass is 16.5. The van der Waals surface area contributed by atoms with Crippen LogP contribution in [0, 0.1) is 0 Å². The number of nitrogens with one attached hydrogen (secondary N) is 2. The lowest BCUT2D eigenvalue weighted by molar-refractivity contribution is 0.414. The van der Waals surface area contributed by atoms with Crippen molar-refractivity contribution in [3.63, 3.8) is 0 Å². The van der Waals surface area contributed by atoms with Crippen molar-refractivity contribution in [2.45, 2.75) is 38.5 Å². The van der Waals surface area contributed by atoms with Crippen molar-refractivity contribution >= 4 is 11.8 Å². The van der Waals surface area contributed by atoms with Crippen molar-refractivity contribution in [1.82, 2.24) is 9.97 Å². The molecule has 1 aromatic carbocycles. The van der Waals surface area contributed by atoms with E-state index in [0.29, 0.717) is 5.95 Å². The first-order valence-electron chi connectivity index (χ1n) is 9.45. The van der Waals surface area contributed by atoms with Crippen molar-refractivity contribution in [1.29, 1.82) is 0 Å². The van der Waals surface area contributed by atoms with Gasteiger partial charge in [0.25, 0.3) is 0 Å². The Morgan fingerprint density at radius 3 is 2.85 bits per heavy atom. The summed E-state index contributed by atoms with van der Waals surface area (Å²) in [5, 5.41) is 6.70. The zero-order chi connectivity index (χ0) is 18.0. The Morgan fingerprint density at radius 1 is 1.08 bits per heavy atom. The van der Waals surface area contributed by atoms with Crippen LogP contribution in [-0.4, -0.2) is 30.2 Å².